The summed E-state index contributed by atoms with van der Waals surface area (Å²) >= 11 is 0. The van der Waals surface area contributed by atoms with Gasteiger partial charge in [0.1, 0.15) is 6.61 Å². The standard InChI is InChI=1S/C18H16O6/c19-14-6-3-12(10-16(14)21)2-1-9-24-18(23)8-5-13-4-7-15(20)17(22)11-13/h1-8,10-11,19-22H,9H2. The van der Waals surface area contributed by atoms with Crippen LogP contribution < -0.4 is 0 Å². The summed E-state index contributed by atoms with van der Waals surface area (Å²) in [6, 6.07) is 8.51. The second kappa shape index (κ2) is 7.73. The SMILES string of the molecule is O=C(C=Cc1ccc(O)c(O)c1)OCC=Cc1ccc(O)c(O)c1. The number of hydrogen-bond acceptors (Lipinski definition) is 6. The predicted octanol–water partition coefficient (Wildman–Crippen LogP) is 2.78. The first-order valence-corrected chi connectivity index (χ1v) is 7.01. The maximum Gasteiger partial charge on any atom is 0.331 e. The fourth-order valence-electron chi connectivity index (χ4n) is 1.82. The monoisotopic (exact) mass is 328 g/mol. The number of benzene rings is 2. The Hall–Kier alpha value is -3.41. The average Bonchev–Trinajstić information content (AvgIpc) is 2.56. The van der Waals surface area contributed by atoms with E-state index in [2.05, 4.69) is 0 Å². The summed E-state index contributed by atoms with van der Waals surface area (Å²) in [5.41, 5.74) is 1.19. The maximum absolute atomic E-state index is 11.6. The van der Waals surface area contributed by atoms with Crippen LogP contribution in [0.3, 0.4) is 0 Å². The van der Waals surface area contributed by atoms with Gasteiger partial charge in [-0.1, -0.05) is 18.2 Å². The minimum Gasteiger partial charge on any atom is -0.504 e. The average molecular weight is 328 g/mol. The van der Waals surface area contributed by atoms with Crippen molar-refractivity contribution in [2.45, 2.75) is 0 Å². The predicted molar refractivity (Wildman–Crippen MR) is 88.6 cm³/mol. The van der Waals surface area contributed by atoms with E-state index in [4.69, 9.17) is 4.74 Å². The van der Waals surface area contributed by atoms with Gasteiger partial charge in [-0.05, 0) is 47.5 Å². The molecule has 0 saturated heterocycles. The summed E-state index contributed by atoms with van der Waals surface area (Å²) < 4.78 is 4.96. The van der Waals surface area contributed by atoms with E-state index in [0.29, 0.717) is 11.1 Å². The molecule has 0 saturated carbocycles. The van der Waals surface area contributed by atoms with E-state index in [-0.39, 0.29) is 29.6 Å². The van der Waals surface area contributed by atoms with Crippen molar-refractivity contribution in [2.75, 3.05) is 6.61 Å². The topological polar surface area (TPSA) is 107 Å². The maximum atomic E-state index is 11.6. The van der Waals surface area contributed by atoms with Crippen molar-refractivity contribution in [1.82, 2.24) is 0 Å². The normalized spacial score (nSPS) is 11.2. The van der Waals surface area contributed by atoms with Gasteiger partial charge in [-0.15, -0.1) is 0 Å². The Morgan fingerprint density at radius 3 is 1.92 bits per heavy atom. The zero-order valence-corrected chi connectivity index (χ0v) is 12.6. The third kappa shape index (κ3) is 4.81. The molecule has 0 unspecified atom stereocenters. The zero-order chi connectivity index (χ0) is 17.5. The van der Waals surface area contributed by atoms with Gasteiger partial charge in [0.25, 0.3) is 0 Å². The van der Waals surface area contributed by atoms with Crippen LogP contribution in [-0.4, -0.2) is 33.0 Å². The highest BCUT2D eigenvalue weighted by molar-refractivity contribution is 5.87. The van der Waals surface area contributed by atoms with E-state index in [1.165, 1.54) is 42.5 Å². The first kappa shape index (κ1) is 17.0. The van der Waals surface area contributed by atoms with Crippen molar-refractivity contribution in [3.05, 3.63) is 59.7 Å². The Morgan fingerprint density at radius 1 is 0.833 bits per heavy atom. The molecule has 0 bridgehead atoms. The van der Waals surface area contributed by atoms with Gasteiger partial charge < -0.3 is 25.2 Å². The van der Waals surface area contributed by atoms with Crippen LogP contribution in [0.2, 0.25) is 0 Å². The van der Waals surface area contributed by atoms with Crippen molar-refractivity contribution < 1.29 is 30.0 Å². The third-order valence-electron chi connectivity index (χ3n) is 3.04. The molecule has 0 aliphatic rings. The van der Waals surface area contributed by atoms with Crippen molar-refractivity contribution in [2.24, 2.45) is 0 Å². The Kier molecular flexibility index (Phi) is 5.46. The summed E-state index contributed by atoms with van der Waals surface area (Å²) in [5.74, 6) is -1.51. The van der Waals surface area contributed by atoms with Crippen LogP contribution in [0.25, 0.3) is 12.2 Å². The molecule has 4 N–H and O–H groups in total. The fraction of sp³-hybridized carbons (Fsp3) is 0.0556. The second-order valence-corrected chi connectivity index (χ2v) is 4.86. The fourth-order valence-corrected chi connectivity index (χ4v) is 1.82. The number of carbonyl (C=O) groups excluding carboxylic acids is 1. The molecule has 0 heterocycles. The van der Waals surface area contributed by atoms with Crippen LogP contribution in [0.5, 0.6) is 23.0 Å². The molecule has 0 amide bonds. The van der Waals surface area contributed by atoms with Gasteiger partial charge in [-0.2, -0.15) is 0 Å². The lowest BCUT2D eigenvalue weighted by Crippen LogP contribution is -1.99. The summed E-state index contributed by atoms with van der Waals surface area (Å²) in [5, 5.41) is 37.1. The lowest BCUT2D eigenvalue weighted by Gasteiger charge is -2.00. The van der Waals surface area contributed by atoms with Crippen LogP contribution in [-0.2, 0) is 9.53 Å². The molecule has 0 aromatic heterocycles. The van der Waals surface area contributed by atoms with E-state index in [1.807, 2.05) is 0 Å². The smallest absolute Gasteiger partial charge is 0.331 e. The molecule has 24 heavy (non-hydrogen) atoms. The molecule has 2 rings (SSSR count). The summed E-state index contributed by atoms with van der Waals surface area (Å²) in [7, 11) is 0. The largest absolute Gasteiger partial charge is 0.504 e. The lowest BCUT2D eigenvalue weighted by molar-refractivity contribution is -0.136. The Balaban J connectivity index is 1.84. The van der Waals surface area contributed by atoms with E-state index >= 15 is 0 Å². The molecule has 6 heteroatoms. The van der Waals surface area contributed by atoms with Crippen LogP contribution in [0, 0.1) is 0 Å². The zero-order valence-electron chi connectivity index (χ0n) is 12.6. The molecule has 2 aromatic rings. The molecule has 2 aromatic carbocycles. The summed E-state index contributed by atoms with van der Waals surface area (Å²) in [6.07, 6.45) is 5.87. The minimum atomic E-state index is -0.569. The first-order chi connectivity index (χ1) is 11.5. The Bertz CT molecular complexity index is 792. The number of carbonyl (C=O) groups is 1. The minimum absolute atomic E-state index is 0.0334. The molecule has 0 fully saturated rings. The molecule has 6 nitrogen and oxygen atoms in total. The highest BCUT2D eigenvalue weighted by Crippen LogP contribution is 2.26. The molecule has 0 radical (unpaired) electrons. The van der Waals surface area contributed by atoms with Crippen LogP contribution in [0.15, 0.2) is 48.6 Å². The van der Waals surface area contributed by atoms with Gasteiger partial charge in [0, 0.05) is 6.08 Å². The van der Waals surface area contributed by atoms with E-state index < -0.39 is 5.97 Å². The molecular formula is C18H16O6. The number of rotatable bonds is 5. The van der Waals surface area contributed by atoms with Crippen LogP contribution in [0.1, 0.15) is 11.1 Å². The van der Waals surface area contributed by atoms with Gasteiger partial charge in [0.05, 0.1) is 0 Å². The van der Waals surface area contributed by atoms with Crippen molar-refractivity contribution >= 4 is 18.1 Å². The number of phenols is 4. The second-order valence-electron chi connectivity index (χ2n) is 4.86. The molecule has 0 spiro atoms. The van der Waals surface area contributed by atoms with Crippen molar-refractivity contribution in [1.29, 1.82) is 0 Å². The molecule has 124 valence electrons. The first-order valence-electron chi connectivity index (χ1n) is 7.01. The quantitative estimate of drug-likeness (QED) is 0.382. The lowest BCUT2D eigenvalue weighted by atomic mass is 10.2. The van der Waals surface area contributed by atoms with Gasteiger partial charge >= 0.3 is 5.97 Å². The van der Waals surface area contributed by atoms with Gasteiger partial charge in [-0.25, -0.2) is 4.79 Å². The van der Waals surface area contributed by atoms with Crippen molar-refractivity contribution in [3.8, 4) is 23.0 Å². The van der Waals surface area contributed by atoms with E-state index in [1.54, 1.807) is 18.2 Å². The highest BCUT2D eigenvalue weighted by Gasteiger charge is 2.00. The highest BCUT2D eigenvalue weighted by atomic mass is 16.5. The summed E-state index contributed by atoms with van der Waals surface area (Å²) in [4.78, 5) is 11.6. The number of ether oxygens (including phenoxy) is 1. The van der Waals surface area contributed by atoms with Crippen molar-refractivity contribution in [3.63, 3.8) is 0 Å². The van der Waals surface area contributed by atoms with E-state index in [9.17, 15) is 25.2 Å². The molecular weight excluding hydrogens is 312 g/mol. The van der Waals surface area contributed by atoms with Gasteiger partial charge in [0.15, 0.2) is 23.0 Å². The van der Waals surface area contributed by atoms with Crippen LogP contribution in [0.4, 0.5) is 0 Å². The van der Waals surface area contributed by atoms with E-state index in [0.717, 1.165) is 0 Å². The van der Waals surface area contributed by atoms with Gasteiger partial charge in [-0.3, -0.25) is 0 Å². The Labute approximate surface area is 138 Å². The van der Waals surface area contributed by atoms with Gasteiger partial charge in [0.2, 0.25) is 0 Å². The van der Waals surface area contributed by atoms with Crippen LogP contribution >= 0.6 is 0 Å². The Morgan fingerprint density at radius 2 is 1.38 bits per heavy atom. The number of phenolic OH excluding ortho intramolecular Hbond substituents is 4. The summed E-state index contributed by atoms with van der Waals surface area (Å²) in [6.45, 7) is 0.0334. The third-order valence-corrected chi connectivity index (χ3v) is 3.04. The molecule has 0 aliphatic carbocycles. The number of hydrogen-bond donors (Lipinski definition) is 4. The molecule has 0 aliphatic heterocycles. The number of aromatic hydroxyl groups is 4. The molecule has 0 atom stereocenters. The number of esters is 1.